The molecule has 106 valence electrons. The number of benzene rings is 1. The van der Waals surface area contributed by atoms with Crippen molar-refractivity contribution in [2.45, 2.75) is 32.3 Å². The normalized spacial score (nSPS) is 14.8. The molecule has 19 heavy (non-hydrogen) atoms. The maximum absolute atomic E-state index is 11.8. The van der Waals surface area contributed by atoms with E-state index in [1.807, 2.05) is 6.92 Å². The Labute approximate surface area is 113 Å². The third-order valence-electron chi connectivity index (χ3n) is 2.77. The Bertz CT molecular complexity index is 523. The van der Waals surface area contributed by atoms with Gasteiger partial charge in [-0.15, -0.1) is 0 Å². The summed E-state index contributed by atoms with van der Waals surface area (Å²) in [5.41, 5.74) is -1.60. The fourth-order valence-corrected chi connectivity index (χ4v) is 2.98. The van der Waals surface area contributed by atoms with Crippen molar-refractivity contribution in [2.75, 3.05) is 5.75 Å². The van der Waals surface area contributed by atoms with E-state index in [1.54, 1.807) is 18.2 Å². The van der Waals surface area contributed by atoms with Crippen molar-refractivity contribution < 1.29 is 22.5 Å². The highest BCUT2D eigenvalue weighted by molar-refractivity contribution is 7.86. The number of unbranched alkanes of at least 4 members (excludes halogenated alkanes) is 1. The maximum Gasteiger partial charge on any atom is 0.341 e. The summed E-state index contributed by atoms with van der Waals surface area (Å²) in [6.45, 7) is 3.09. The molecule has 5 nitrogen and oxygen atoms in total. The predicted octanol–water partition coefficient (Wildman–Crippen LogP) is 2.13. The number of hydrogen-bond acceptors (Lipinski definition) is 4. The van der Waals surface area contributed by atoms with Crippen molar-refractivity contribution >= 4 is 16.1 Å². The molecule has 0 aliphatic heterocycles. The van der Waals surface area contributed by atoms with Crippen LogP contribution >= 0.6 is 0 Å². The molecule has 1 aromatic rings. The number of rotatable bonds is 7. The van der Waals surface area contributed by atoms with Gasteiger partial charge in [-0.05, 0) is 18.9 Å². The largest absolute Gasteiger partial charge is 0.479 e. The molecule has 1 unspecified atom stereocenters. The van der Waals surface area contributed by atoms with Gasteiger partial charge in [-0.25, -0.2) is 8.98 Å². The summed E-state index contributed by atoms with van der Waals surface area (Å²) in [7, 11) is -3.88. The summed E-state index contributed by atoms with van der Waals surface area (Å²) in [5.74, 6) is -1.52. The first kappa shape index (κ1) is 15.7. The van der Waals surface area contributed by atoms with Crippen molar-refractivity contribution in [3.05, 3.63) is 35.9 Å². The first-order valence-corrected chi connectivity index (χ1v) is 7.62. The van der Waals surface area contributed by atoms with Crippen LogP contribution in [0.5, 0.6) is 0 Å². The monoisotopic (exact) mass is 286 g/mol. The molecule has 0 spiro atoms. The maximum atomic E-state index is 11.8. The van der Waals surface area contributed by atoms with E-state index in [0.717, 1.165) is 0 Å². The van der Waals surface area contributed by atoms with Crippen molar-refractivity contribution in [3.63, 3.8) is 0 Å². The fourth-order valence-electron chi connectivity index (χ4n) is 1.58. The highest BCUT2D eigenvalue weighted by Gasteiger charge is 2.41. The lowest BCUT2D eigenvalue weighted by Gasteiger charge is -2.24. The van der Waals surface area contributed by atoms with E-state index in [0.29, 0.717) is 18.4 Å². The summed E-state index contributed by atoms with van der Waals surface area (Å²) in [6.07, 6.45) is 1.13. The van der Waals surface area contributed by atoms with Crippen LogP contribution in [0.15, 0.2) is 30.3 Å². The van der Waals surface area contributed by atoms with Crippen LogP contribution in [-0.4, -0.2) is 25.2 Å². The van der Waals surface area contributed by atoms with Gasteiger partial charge in [-0.2, -0.15) is 8.42 Å². The average Bonchev–Trinajstić information content (AvgIpc) is 2.36. The van der Waals surface area contributed by atoms with E-state index in [1.165, 1.54) is 19.1 Å². The molecule has 6 heteroatoms. The van der Waals surface area contributed by atoms with Crippen molar-refractivity contribution in [3.8, 4) is 0 Å². The molecule has 0 bridgehead atoms. The topological polar surface area (TPSA) is 80.7 Å². The zero-order chi connectivity index (χ0) is 14.5. The van der Waals surface area contributed by atoms with Gasteiger partial charge in [0.2, 0.25) is 5.60 Å². The number of carbonyl (C=O) groups is 1. The summed E-state index contributed by atoms with van der Waals surface area (Å²) < 4.78 is 28.5. The summed E-state index contributed by atoms with van der Waals surface area (Å²) >= 11 is 0. The highest BCUT2D eigenvalue weighted by Crippen LogP contribution is 2.28. The molecule has 0 radical (unpaired) electrons. The van der Waals surface area contributed by atoms with Crippen LogP contribution in [0.4, 0.5) is 0 Å². The van der Waals surface area contributed by atoms with Gasteiger partial charge in [-0.3, -0.25) is 0 Å². The molecular formula is C13H18O5S. The molecule has 0 saturated carbocycles. The Kier molecular flexibility index (Phi) is 5.08. The second-order valence-electron chi connectivity index (χ2n) is 4.40. The van der Waals surface area contributed by atoms with Crippen LogP contribution in [0.3, 0.4) is 0 Å². The van der Waals surface area contributed by atoms with E-state index in [9.17, 15) is 18.3 Å². The van der Waals surface area contributed by atoms with Gasteiger partial charge in [0, 0.05) is 0 Å². The van der Waals surface area contributed by atoms with Gasteiger partial charge in [0.1, 0.15) is 0 Å². The first-order valence-electron chi connectivity index (χ1n) is 6.04. The van der Waals surface area contributed by atoms with Crippen molar-refractivity contribution in [1.29, 1.82) is 0 Å². The minimum absolute atomic E-state index is 0.181. The fraction of sp³-hybridized carbons (Fsp3) is 0.462. The summed E-state index contributed by atoms with van der Waals surface area (Å²) in [4.78, 5) is 11.4. The standard InChI is InChI=1S/C13H18O5S/c1-3-4-10-19(16,17)18-13(2,12(14)15)11-8-6-5-7-9-11/h5-9H,3-4,10H2,1-2H3,(H,14,15). The van der Waals surface area contributed by atoms with Crippen molar-refractivity contribution in [1.82, 2.24) is 0 Å². The Morgan fingerprint density at radius 1 is 1.32 bits per heavy atom. The van der Waals surface area contributed by atoms with E-state index in [2.05, 4.69) is 0 Å². The molecule has 1 aromatic carbocycles. The molecule has 1 atom stereocenters. The summed E-state index contributed by atoms with van der Waals surface area (Å²) in [5, 5.41) is 9.29. The molecule has 0 amide bonds. The third kappa shape index (κ3) is 4.04. The van der Waals surface area contributed by atoms with E-state index in [4.69, 9.17) is 4.18 Å². The van der Waals surface area contributed by atoms with Crippen molar-refractivity contribution in [2.24, 2.45) is 0 Å². The van der Waals surface area contributed by atoms with Crippen LogP contribution in [0.25, 0.3) is 0 Å². The molecule has 1 rings (SSSR count). The van der Waals surface area contributed by atoms with Gasteiger partial charge in [0.05, 0.1) is 5.75 Å². The van der Waals surface area contributed by atoms with Crippen LogP contribution < -0.4 is 0 Å². The van der Waals surface area contributed by atoms with Gasteiger partial charge < -0.3 is 5.11 Å². The molecule has 0 fully saturated rings. The minimum Gasteiger partial charge on any atom is -0.479 e. The predicted molar refractivity (Wildman–Crippen MR) is 71.2 cm³/mol. The van der Waals surface area contributed by atoms with Gasteiger partial charge in [0.15, 0.2) is 0 Å². The molecular weight excluding hydrogens is 268 g/mol. The Hall–Kier alpha value is -1.40. The van der Waals surface area contributed by atoms with Gasteiger partial charge in [-0.1, -0.05) is 43.7 Å². The van der Waals surface area contributed by atoms with Crippen LogP contribution in [0.1, 0.15) is 32.3 Å². The molecule has 0 aliphatic carbocycles. The lowest BCUT2D eigenvalue weighted by molar-refractivity contribution is -0.154. The van der Waals surface area contributed by atoms with Gasteiger partial charge in [0.25, 0.3) is 10.1 Å². The second kappa shape index (κ2) is 6.16. The molecule has 0 aromatic heterocycles. The smallest absolute Gasteiger partial charge is 0.341 e. The lowest BCUT2D eigenvalue weighted by Crippen LogP contribution is -2.38. The Morgan fingerprint density at radius 3 is 2.37 bits per heavy atom. The lowest BCUT2D eigenvalue weighted by atomic mass is 9.97. The zero-order valence-electron chi connectivity index (χ0n) is 11.0. The Balaban J connectivity index is 3.06. The number of carboxylic acids is 1. The molecule has 0 aliphatic rings. The van der Waals surface area contributed by atoms with Crippen LogP contribution in [-0.2, 0) is 24.7 Å². The van der Waals surface area contributed by atoms with Crippen LogP contribution in [0, 0.1) is 0 Å². The SMILES string of the molecule is CCCCS(=O)(=O)OC(C)(C(=O)O)c1ccccc1. The molecule has 0 heterocycles. The Morgan fingerprint density at radius 2 is 1.89 bits per heavy atom. The van der Waals surface area contributed by atoms with E-state index in [-0.39, 0.29) is 5.75 Å². The highest BCUT2D eigenvalue weighted by atomic mass is 32.2. The summed E-state index contributed by atoms with van der Waals surface area (Å²) in [6, 6.07) is 8.06. The minimum atomic E-state index is -3.88. The quantitative estimate of drug-likeness (QED) is 0.777. The third-order valence-corrected chi connectivity index (χ3v) is 4.15. The number of aliphatic carboxylic acids is 1. The zero-order valence-corrected chi connectivity index (χ0v) is 11.8. The van der Waals surface area contributed by atoms with Gasteiger partial charge >= 0.3 is 5.97 Å². The number of hydrogen-bond donors (Lipinski definition) is 1. The van der Waals surface area contributed by atoms with E-state index < -0.39 is 21.7 Å². The van der Waals surface area contributed by atoms with Crippen LogP contribution in [0.2, 0.25) is 0 Å². The van der Waals surface area contributed by atoms with E-state index >= 15 is 0 Å². The average molecular weight is 286 g/mol. The second-order valence-corrected chi connectivity index (χ2v) is 6.09. The molecule has 1 N–H and O–H groups in total. The number of carboxylic acid groups (broad SMARTS) is 1. The first-order chi connectivity index (χ1) is 8.82. The molecule has 0 saturated heterocycles.